The molecule has 28 heavy (non-hydrogen) atoms. The highest BCUT2D eigenvalue weighted by Crippen LogP contribution is 2.30. The third-order valence-electron chi connectivity index (χ3n) is 5.64. The first-order valence-electron chi connectivity index (χ1n) is 9.80. The molecular formula is C22H26N4O2. The lowest BCUT2D eigenvalue weighted by molar-refractivity contribution is -0.121. The van der Waals surface area contributed by atoms with Crippen LogP contribution in [0.5, 0.6) is 0 Å². The Labute approximate surface area is 165 Å². The lowest BCUT2D eigenvalue weighted by Crippen LogP contribution is -2.48. The number of hydrogen-bond acceptors (Lipinski definition) is 5. The van der Waals surface area contributed by atoms with Crippen molar-refractivity contribution in [3.05, 3.63) is 53.2 Å². The van der Waals surface area contributed by atoms with Gasteiger partial charge in [0.05, 0.1) is 18.9 Å². The summed E-state index contributed by atoms with van der Waals surface area (Å²) in [6.45, 7) is 7.92. The Kier molecular flexibility index (Phi) is 5.03. The van der Waals surface area contributed by atoms with E-state index in [4.69, 9.17) is 4.42 Å². The summed E-state index contributed by atoms with van der Waals surface area (Å²) in [5.41, 5.74) is 5.35. The lowest BCUT2D eigenvalue weighted by atomic mass is 9.98. The molecule has 1 N–H and O–H groups in total. The van der Waals surface area contributed by atoms with E-state index in [1.165, 1.54) is 5.56 Å². The largest absolute Gasteiger partial charge is 0.464 e. The van der Waals surface area contributed by atoms with Crippen molar-refractivity contribution in [1.29, 1.82) is 0 Å². The van der Waals surface area contributed by atoms with Crippen molar-refractivity contribution in [1.82, 2.24) is 15.3 Å². The molecule has 1 aromatic carbocycles. The number of aryl methyl sites for hydroxylation is 3. The summed E-state index contributed by atoms with van der Waals surface area (Å²) >= 11 is 0. The van der Waals surface area contributed by atoms with Crippen LogP contribution in [0.2, 0.25) is 0 Å². The second-order valence-corrected chi connectivity index (χ2v) is 7.69. The highest BCUT2D eigenvalue weighted by molar-refractivity contribution is 5.92. The molecule has 1 atom stereocenters. The van der Waals surface area contributed by atoms with Gasteiger partial charge in [-0.2, -0.15) is 0 Å². The van der Waals surface area contributed by atoms with Crippen LogP contribution in [0.25, 0.3) is 11.0 Å². The fourth-order valence-electron chi connectivity index (χ4n) is 4.13. The molecular weight excluding hydrogens is 352 g/mol. The van der Waals surface area contributed by atoms with Crippen molar-refractivity contribution in [2.45, 2.75) is 46.1 Å². The maximum absolute atomic E-state index is 12.7. The van der Waals surface area contributed by atoms with E-state index in [1.54, 1.807) is 24.9 Å². The number of carbonyl (C=O) groups excluding carboxylic acids is 1. The Hall–Kier alpha value is -2.89. The second-order valence-electron chi connectivity index (χ2n) is 7.69. The first-order valence-corrected chi connectivity index (χ1v) is 9.80. The maximum atomic E-state index is 12.7. The van der Waals surface area contributed by atoms with Crippen molar-refractivity contribution >= 4 is 22.7 Å². The van der Waals surface area contributed by atoms with Crippen molar-refractivity contribution in [3.63, 3.8) is 0 Å². The molecule has 0 aliphatic carbocycles. The minimum atomic E-state index is 0.0336. The van der Waals surface area contributed by atoms with Crippen LogP contribution in [0, 0.1) is 20.8 Å². The molecule has 1 unspecified atom stereocenters. The smallest absolute Gasteiger partial charge is 0.224 e. The van der Waals surface area contributed by atoms with Gasteiger partial charge in [-0.15, -0.1) is 0 Å². The molecule has 146 valence electrons. The van der Waals surface area contributed by atoms with E-state index >= 15 is 0 Å². The van der Waals surface area contributed by atoms with Gasteiger partial charge in [0, 0.05) is 42.5 Å². The number of furan rings is 1. The third-order valence-corrected chi connectivity index (χ3v) is 5.64. The van der Waals surface area contributed by atoms with Gasteiger partial charge in [0.1, 0.15) is 11.4 Å². The predicted molar refractivity (Wildman–Crippen MR) is 110 cm³/mol. The molecule has 0 saturated carbocycles. The van der Waals surface area contributed by atoms with Gasteiger partial charge >= 0.3 is 0 Å². The molecule has 0 radical (unpaired) electrons. The number of aromatic nitrogens is 2. The number of nitrogens with one attached hydrogen (secondary N) is 1. The lowest BCUT2D eigenvalue weighted by Gasteiger charge is -2.33. The molecule has 3 heterocycles. The summed E-state index contributed by atoms with van der Waals surface area (Å²) in [7, 11) is 0. The molecule has 6 nitrogen and oxygen atoms in total. The van der Waals surface area contributed by atoms with E-state index in [0.29, 0.717) is 6.42 Å². The number of fused-ring (bicyclic) bond motifs is 1. The van der Waals surface area contributed by atoms with E-state index in [9.17, 15) is 4.79 Å². The van der Waals surface area contributed by atoms with Crippen LogP contribution < -0.4 is 10.2 Å². The van der Waals surface area contributed by atoms with Crippen LogP contribution in [0.3, 0.4) is 0 Å². The van der Waals surface area contributed by atoms with E-state index in [-0.39, 0.29) is 11.9 Å². The van der Waals surface area contributed by atoms with Gasteiger partial charge < -0.3 is 14.6 Å². The highest BCUT2D eigenvalue weighted by atomic mass is 16.3. The Balaban J connectivity index is 1.45. The predicted octanol–water partition coefficient (Wildman–Crippen LogP) is 3.48. The monoisotopic (exact) mass is 378 g/mol. The zero-order valence-electron chi connectivity index (χ0n) is 16.7. The summed E-state index contributed by atoms with van der Waals surface area (Å²) in [6, 6.07) is 2.28. The Morgan fingerprint density at radius 3 is 2.93 bits per heavy atom. The molecule has 2 aromatic heterocycles. The summed E-state index contributed by atoms with van der Waals surface area (Å²) in [5, 5.41) is 4.27. The minimum absolute atomic E-state index is 0.0336. The fourth-order valence-corrected chi connectivity index (χ4v) is 4.13. The van der Waals surface area contributed by atoms with Crippen LogP contribution in [-0.4, -0.2) is 35.0 Å². The summed E-state index contributed by atoms with van der Waals surface area (Å²) in [4.78, 5) is 23.4. The van der Waals surface area contributed by atoms with Crippen LogP contribution >= 0.6 is 0 Å². The summed E-state index contributed by atoms with van der Waals surface area (Å²) in [6.07, 6.45) is 9.21. The molecule has 1 saturated heterocycles. The minimum Gasteiger partial charge on any atom is -0.464 e. The Bertz CT molecular complexity index is 997. The molecule has 1 fully saturated rings. The van der Waals surface area contributed by atoms with Gasteiger partial charge in [0.15, 0.2) is 0 Å². The molecule has 0 spiro atoms. The van der Waals surface area contributed by atoms with Gasteiger partial charge in [0.25, 0.3) is 0 Å². The second kappa shape index (κ2) is 7.62. The quantitative estimate of drug-likeness (QED) is 0.753. The van der Waals surface area contributed by atoms with E-state index in [1.807, 2.05) is 0 Å². The van der Waals surface area contributed by atoms with Crippen LogP contribution in [0.1, 0.15) is 35.1 Å². The molecule has 6 heteroatoms. The van der Waals surface area contributed by atoms with E-state index in [2.05, 4.69) is 47.0 Å². The number of nitrogens with zero attached hydrogens (tertiary/aromatic N) is 3. The molecule has 0 bridgehead atoms. The first kappa shape index (κ1) is 18.5. The number of anilines is 1. The normalized spacial score (nSPS) is 17.1. The molecule has 1 aliphatic heterocycles. The number of amides is 1. The average molecular weight is 378 g/mol. The van der Waals surface area contributed by atoms with Crippen molar-refractivity contribution in [3.8, 4) is 0 Å². The first-order chi connectivity index (χ1) is 13.5. The van der Waals surface area contributed by atoms with Gasteiger partial charge in [-0.1, -0.05) is 6.07 Å². The van der Waals surface area contributed by atoms with Crippen molar-refractivity contribution in [2.75, 3.05) is 18.0 Å². The van der Waals surface area contributed by atoms with Crippen molar-refractivity contribution < 1.29 is 9.21 Å². The number of hydrogen-bond donors (Lipinski definition) is 1. The number of rotatable bonds is 4. The number of carbonyl (C=O) groups is 1. The van der Waals surface area contributed by atoms with E-state index in [0.717, 1.165) is 59.4 Å². The van der Waals surface area contributed by atoms with E-state index < -0.39 is 0 Å². The van der Waals surface area contributed by atoms with Gasteiger partial charge in [0.2, 0.25) is 5.91 Å². The average Bonchev–Trinajstić information content (AvgIpc) is 3.11. The summed E-state index contributed by atoms with van der Waals surface area (Å²) in [5.74, 6) is 0.898. The van der Waals surface area contributed by atoms with Crippen molar-refractivity contribution in [2.24, 2.45) is 0 Å². The topological polar surface area (TPSA) is 71.3 Å². The third kappa shape index (κ3) is 3.59. The van der Waals surface area contributed by atoms with Crippen LogP contribution in [-0.2, 0) is 11.2 Å². The standard InChI is InChI=1S/C22H26N4O2/c1-14-9-15(2)21-17(13-28-22(21)16(14)3)10-20(27)25-18-5-4-8-26(12-18)19-11-23-6-7-24-19/h6-7,9,11,13,18H,4-5,8,10,12H2,1-3H3,(H,25,27). The van der Waals surface area contributed by atoms with Crippen LogP contribution in [0.4, 0.5) is 5.82 Å². The highest BCUT2D eigenvalue weighted by Gasteiger charge is 2.23. The molecule has 3 aromatic rings. The van der Waals surface area contributed by atoms with Gasteiger partial charge in [-0.05, 0) is 50.3 Å². The number of piperidine rings is 1. The van der Waals surface area contributed by atoms with Gasteiger partial charge in [-0.25, -0.2) is 4.98 Å². The van der Waals surface area contributed by atoms with Gasteiger partial charge in [-0.3, -0.25) is 9.78 Å². The maximum Gasteiger partial charge on any atom is 0.224 e. The molecule has 1 aliphatic rings. The zero-order valence-corrected chi connectivity index (χ0v) is 16.7. The molecule has 4 rings (SSSR count). The fraction of sp³-hybridized carbons (Fsp3) is 0.409. The summed E-state index contributed by atoms with van der Waals surface area (Å²) < 4.78 is 5.80. The molecule has 1 amide bonds. The number of benzene rings is 1. The Morgan fingerprint density at radius 1 is 1.29 bits per heavy atom. The zero-order chi connectivity index (χ0) is 19.7. The SMILES string of the molecule is Cc1cc(C)c2c(CC(=O)NC3CCCN(c4cnccn4)C3)coc2c1C. The van der Waals surface area contributed by atoms with Crippen LogP contribution in [0.15, 0.2) is 35.3 Å². The Morgan fingerprint density at radius 2 is 2.14 bits per heavy atom.